The Bertz CT molecular complexity index is 808. The van der Waals surface area contributed by atoms with E-state index in [4.69, 9.17) is 14.4 Å². The summed E-state index contributed by atoms with van der Waals surface area (Å²) in [6.45, 7) is 0.833. The first-order chi connectivity index (χ1) is 13.7. The number of hydrogen-bond donors (Lipinski definition) is 1. The van der Waals surface area contributed by atoms with Crippen LogP contribution in [-0.4, -0.2) is 42.4 Å². The normalized spacial score (nSPS) is 13.8. The summed E-state index contributed by atoms with van der Waals surface area (Å²) in [6, 6.07) is 12.5. The number of para-hydroxylation sites is 1. The highest BCUT2D eigenvalue weighted by Crippen LogP contribution is 2.30. The molecule has 8 nitrogen and oxygen atoms in total. The minimum absolute atomic E-state index is 0.229. The summed E-state index contributed by atoms with van der Waals surface area (Å²) in [5.74, 6) is 0.732. The molecule has 1 heterocycles. The summed E-state index contributed by atoms with van der Waals surface area (Å²) in [4.78, 5) is 26.2. The first-order valence-corrected chi connectivity index (χ1v) is 9.08. The van der Waals surface area contributed by atoms with Gasteiger partial charge in [0.1, 0.15) is 6.61 Å². The largest absolute Gasteiger partial charge is 0.475 e. The molecule has 0 atom stereocenters. The van der Waals surface area contributed by atoms with Crippen LogP contribution in [-0.2, 0) is 20.8 Å². The van der Waals surface area contributed by atoms with Crippen molar-refractivity contribution >= 4 is 17.7 Å². The van der Waals surface area contributed by atoms with Gasteiger partial charge in [-0.15, -0.1) is 0 Å². The average Bonchev–Trinajstić information content (AvgIpc) is 3.54. The number of anilines is 1. The first kappa shape index (κ1) is 19.6. The maximum absolute atomic E-state index is 11.5. The molecule has 0 spiro atoms. The molecule has 8 heteroatoms. The van der Waals surface area contributed by atoms with E-state index in [-0.39, 0.29) is 5.90 Å². The molecule has 2 aromatic rings. The smallest absolute Gasteiger partial charge is 0.436 e. The molecule has 0 aliphatic heterocycles. The molecule has 3 rings (SSSR count). The van der Waals surface area contributed by atoms with Crippen molar-refractivity contribution in [3.63, 3.8) is 0 Å². The van der Waals surface area contributed by atoms with Gasteiger partial charge in [0.25, 0.3) is 5.90 Å². The van der Waals surface area contributed by atoms with Crippen molar-refractivity contribution in [2.24, 2.45) is 11.1 Å². The lowest BCUT2D eigenvalue weighted by Gasteiger charge is -2.20. The first-order valence-electron chi connectivity index (χ1n) is 9.08. The summed E-state index contributed by atoms with van der Waals surface area (Å²) in [5.41, 5.74) is 1.68. The number of hydroxylamine groups is 1. The highest BCUT2D eigenvalue weighted by Gasteiger charge is 2.26. The minimum Gasteiger partial charge on any atom is -0.475 e. The third-order valence-corrected chi connectivity index (χ3v) is 4.19. The molecule has 1 saturated carbocycles. The lowest BCUT2D eigenvalue weighted by atomic mass is 10.1. The predicted molar refractivity (Wildman–Crippen MR) is 103 cm³/mol. The fourth-order valence-corrected chi connectivity index (χ4v) is 2.55. The van der Waals surface area contributed by atoms with E-state index in [0.717, 1.165) is 23.6 Å². The van der Waals surface area contributed by atoms with Crippen molar-refractivity contribution < 1.29 is 24.3 Å². The van der Waals surface area contributed by atoms with Crippen molar-refractivity contribution in [1.82, 2.24) is 4.98 Å². The summed E-state index contributed by atoms with van der Waals surface area (Å²) >= 11 is 0. The third kappa shape index (κ3) is 5.43. The van der Waals surface area contributed by atoms with Crippen molar-refractivity contribution in [2.75, 3.05) is 25.4 Å². The number of amides is 1. The molecular weight excluding hydrogens is 362 g/mol. The number of benzene rings is 1. The number of rotatable bonds is 9. The van der Waals surface area contributed by atoms with E-state index in [1.165, 1.54) is 7.11 Å². The van der Waals surface area contributed by atoms with E-state index in [9.17, 15) is 9.90 Å². The van der Waals surface area contributed by atoms with E-state index in [2.05, 4.69) is 10.1 Å². The molecule has 1 fully saturated rings. The molecule has 1 N–H and O–H groups in total. The number of oxime groups is 1. The van der Waals surface area contributed by atoms with Crippen LogP contribution in [0.5, 0.6) is 0 Å². The molecular formula is C20H23N3O5. The molecule has 1 amide bonds. The van der Waals surface area contributed by atoms with Crippen molar-refractivity contribution in [2.45, 2.75) is 19.3 Å². The second-order valence-electron chi connectivity index (χ2n) is 6.33. The molecule has 1 aromatic heterocycles. The Balaban J connectivity index is 1.76. The van der Waals surface area contributed by atoms with E-state index in [1.807, 2.05) is 18.2 Å². The molecule has 0 saturated heterocycles. The van der Waals surface area contributed by atoms with Crippen molar-refractivity contribution in [3.05, 3.63) is 59.9 Å². The van der Waals surface area contributed by atoms with Crippen LogP contribution in [0, 0.1) is 5.92 Å². The highest BCUT2D eigenvalue weighted by molar-refractivity contribution is 6.02. The summed E-state index contributed by atoms with van der Waals surface area (Å²) in [6.07, 6.45) is 3.32. The van der Waals surface area contributed by atoms with E-state index in [0.29, 0.717) is 36.8 Å². The lowest BCUT2D eigenvalue weighted by Crippen LogP contribution is -2.29. The number of nitrogens with zero attached hydrogens (tertiary/aromatic N) is 3. The number of hydrogen-bond acceptors (Lipinski definition) is 6. The number of carbonyl (C=O) groups is 1. The van der Waals surface area contributed by atoms with Gasteiger partial charge in [0.2, 0.25) is 0 Å². The van der Waals surface area contributed by atoms with Gasteiger partial charge >= 0.3 is 6.09 Å². The topological polar surface area (TPSA) is 93.5 Å². The second-order valence-corrected chi connectivity index (χ2v) is 6.33. The van der Waals surface area contributed by atoms with Crippen LogP contribution < -0.4 is 5.06 Å². The van der Waals surface area contributed by atoms with Crippen LogP contribution in [0.3, 0.4) is 0 Å². The van der Waals surface area contributed by atoms with Crippen LogP contribution >= 0.6 is 0 Å². The number of carboxylic acid groups (broad SMARTS) is 1. The fourth-order valence-electron chi connectivity index (χ4n) is 2.55. The second kappa shape index (κ2) is 9.70. The van der Waals surface area contributed by atoms with Gasteiger partial charge in [-0.05, 0) is 48.2 Å². The van der Waals surface area contributed by atoms with Gasteiger partial charge in [0, 0.05) is 18.3 Å². The van der Waals surface area contributed by atoms with Crippen LogP contribution in [0.1, 0.15) is 24.1 Å². The Morgan fingerprint density at radius 3 is 2.71 bits per heavy atom. The number of aromatic nitrogens is 1. The minimum atomic E-state index is -1.24. The van der Waals surface area contributed by atoms with E-state index >= 15 is 0 Å². The van der Waals surface area contributed by atoms with Gasteiger partial charge in [-0.2, -0.15) is 5.06 Å². The molecule has 1 aromatic carbocycles. The Hall–Kier alpha value is -3.13. The molecule has 0 bridgehead atoms. The monoisotopic (exact) mass is 385 g/mol. The summed E-state index contributed by atoms with van der Waals surface area (Å²) < 4.78 is 5.85. The maximum atomic E-state index is 11.5. The molecule has 28 heavy (non-hydrogen) atoms. The Morgan fingerprint density at radius 1 is 1.25 bits per heavy atom. The molecule has 148 valence electrons. The lowest BCUT2D eigenvalue weighted by molar-refractivity contribution is 0.128. The maximum Gasteiger partial charge on any atom is 0.436 e. The highest BCUT2D eigenvalue weighted by atomic mass is 16.7. The zero-order chi connectivity index (χ0) is 19.8. The van der Waals surface area contributed by atoms with Gasteiger partial charge < -0.3 is 14.7 Å². The van der Waals surface area contributed by atoms with E-state index in [1.54, 1.807) is 30.5 Å². The van der Waals surface area contributed by atoms with Crippen LogP contribution in [0.15, 0.2) is 53.8 Å². The number of pyridine rings is 1. The zero-order valence-electron chi connectivity index (χ0n) is 15.7. The Morgan fingerprint density at radius 2 is 2.04 bits per heavy atom. The van der Waals surface area contributed by atoms with Gasteiger partial charge in [-0.25, -0.2) is 4.79 Å². The summed E-state index contributed by atoms with van der Waals surface area (Å²) in [7, 11) is 1.29. The van der Waals surface area contributed by atoms with Gasteiger partial charge in [-0.1, -0.05) is 18.2 Å². The quantitative estimate of drug-likeness (QED) is 0.307. The molecule has 1 aliphatic carbocycles. The van der Waals surface area contributed by atoms with Crippen molar-refractivity contribution in [3.8, 4) is 0 Å². The van der Waals surface area contributed by atoms with Gasteiger partial charge in [-0.3, -0.25) is 9.82 Å². The van der Waals surface area contributed by atoms with Crippen LogP contribution in [0.4, 0.5) is 10.5 Å². The van der Waals surface area contributed by atoms with Crippen molar-refractivity contribution in [1.29, 1.82) is 0 Å². The summed E-state index contributed by atoms with van der Waals surface area (Å²) in [5, 5.41) is 14.3. The fraction of sp³-hybridized carbons (Fsp3) is 0.350. The van der Waals surface area contributed by atoms with Gasteiger partial charge in [0.15, 0.2) is 0 Å². The Kier molecular flexibility index (Phi) is 6.80. The molecule has 0 unspecified atom stereocenters. The molecule has 1 aliphatic rings. The standard InChI is InChI=1S/C20H23N3O5/c1-26-23(20(24)25)18-8-3-2-7-17(18)19(27-14-15-9-10-15)22-28-13-11-16-6-4-5-12-21-16/h2-8,12,15H,9-11,13-14H2,1H3,(H,24,25). The van der Waals surface area contributed by atoms with Crippen LogP contribution in [0.25, 0.3) is 0 Å². The zero-order valence-corrected chi connectivity index (χ0v) is 15.7. The Labute approximate surface area is 163 Å². The van der Waals surface area contributed by atoms with Gasteiger partial charge in [0.05, 0.1) is 25.0 Å². The SMILES string of the molecule is CON(C(=O)O)c1ccccc1C(=NOCCc1ccccn1)OCC1CC1. The predicted octanol–water partition coefficient (Wildman–Crippen LogP) is 3.47. The van der Waals surface area contributed by atoms with Crippen LogP contribution in [0.2, 0.25) is 0 Å². The molecule has 0 radical (unpaired) electrons. The van der Waals surface area contributed by atoms with E-state index < -0.39 is 6.09 Å². The average molecular weight is 385 g/mol. The third-order valence-electron chi connectivity index (χ3n) is 4.19. The number of ether oxygens (including phenoxy) is 1.